The number of fused-ring (bicyclic) bond motifs is 5. The Morgan fingerprint density at radius 2 is 0.698 bits per heavy atom. The van der Waals surface area contributed by atoms with Crippen molar-refractivity contribution < 1.29 is 0 Å². The second-order valence-corrected chi connectivity index (χ2v) is 12.9. The first-order valence-electron chi connectivity index (χ1n) is 15.9. The van der Waals surface area contributed by atoms with Crippen molar-refractivity contribution in [2.24, 2.45) is 0 Å². The molecule has 0 N–H and O–H groups in total. The van der Waals surface area contributed by atoms with Crippen LogP contribution in [-0.4, -0.2) is 0 Å². The van der Waals surface area contributed by atoms with Crippen molar-refractivity contribution >= 4 is 0 Å². The van der Waals surface area contributed by atoms with Crippen molar-refractivity contribution in [2.75, 3.05) is 0 Å². The van der Waals surface area contributed by atoms with Gasteiger partial charge in [-0.15, -0.1) is 0 Å². The molecule has 0 bridgehead atoms. The Balaban J connectivity index is 0.957. The van der Waals surface area contributed by atoms with Crippen LogP contribution in [0.25, 0.3) is 33.4 Å². The molecule has 2 unspecified atom stereocenters. The predicted octanol–water partition coefficient (Wildman–Crippen LogP) is 10.4. The van der Waals surface area contributed by atoms with E-state index < -0.39 is 0 Å². The molecule has 206 valence electrons. The van der Waals surface area contributed by atoms with E-state index in [9.17, 15) is 0 Å². The lowest BCUT2D eigenvalue weighted by atomic mass is 9.95. The van der Waals surface area contributed by atoms with Gasteiger partial charge in [-0.05, 0) is 122 Å². The van der Waals surface area contributed by atoms with Crippen LogP contribution in [0.3, 0.4) is 0 Å². The normalized spacial score (nSPS) is 17.8. The van der Waals surface area contributed by atoms with Gasteiger partial charge in [0.2, 0.25) is 0 Å². The highest BCUT2D eigenvalue weighted by Gasteiger charge is 2.25. The summed E-state index contributed by atoms with van der Waals surface area (Å²) in [6.07, 6.45) is 5.59. The molecule has 9 rings (SSSR count). The number of hydrogen-bond donors (Lipinski definition) is 0. The zero-order valence-electron chi connectivity index (χ0n) is 24.4. The summed E-state index contributed by atoms with van der Waals surface area (Å²) in [6.45, 7) is 0. The van der Waals surface area contributed by atoms with E-state index in [1.807, 2.05) is 0 Å². The molecule has 6 aromatic rings. The van der Waals surface area contributed by atoms with E-state index in [1.165, 1.54) is 77.9 Å². The molecule has 0 saturated carbocycles. The van der Waals surface area contributed by atoms with E-state index >= 15 is 0 Å². The zero-order chi connectivity index (χ0) is 28.3. The molecule has 2 atom stereocenters. The molecule has 0 nitrogen and oxygen atoms in total. The van der Waals surface area contributed by atoms with Gasteiger partial charge in [0.05, 0.1) is 0 Å². The summed E-state index contributed by atoms with van der Waals surface area (Å²) >= 11 is 0. The first-order chi connectivity index (χ1) is 21.2. The molecule has 0 spiro atoms. The summed E-state index contributed by atoms with van der Waals surface area (Å²) < 4.78 is 0. The first-order valence-corrected chi connectivity index (χ1v) is 15.9. The third-order valence-corrected chi connectivity index (χ3v) is 10.4. The highest BCUT2D eigenvalue weighted by atomic mass is 14.3. The number of benzene rings is 6. The van der Waals surface area contributed by atoms with Gasteiger partial charge in [-0.25, -0.2) is 0 Å². The average molecular weight is 551 g/mol. The average Bonchev–Trinajstić information content (AvgIpc) is 3.79. The maximum Gasteiger partial charge on any atom is -0.00130 e. The van der Waals surface area contributed by atoms with Gasteiger partial charge in [0, 0.05) is 0 Å². The quantitative estimate of drug-likeness (QED) is 0.204. The molecular weight excluding hydrogens is 516 g/mol. The van der Waals surface area contributed by atoms with Crippen molar-refractivity contribution in [3.8, 4) is 33.4 Å². The van der Waals surface area contributed by atoms with E-state index in [1.54, 1.807) is 0 Å². The van der Waals surface area contributed by atoms with Gasteiger partial charge < -0.3 is 0 Å². The fourth-order valence-corrected chi connectivity index (χ4v) is 8.09. The second kappa shape index (κ2) is 9.96. The molecule has 0 saturated heterocycles. The first kappa shape index (κ1) is 24.9. The molecule has 0 radical (unpaired) electrons. The second-order valence-electron chi connectivity index (χ2n) is 12.9. The summed E-state index contributed by atoms with van der Waals surface area (Å²) in [5.74, 6) is 1.21. The molecule has 0 amide bonds. The van der Waals surface area contributed by atoms with E-state index in [4.69, 9.17) is 0 Å². The van der Waals surface area contributed by atoms with Gasteiger partial charge >= 0.3 is 0 Å². The zero-order valence-corrected chi connectivity index (χ0v) is 24.4. The molecule has 0 fully saturated rings. The minimum Gasteiger partial charge on any atom is -0.0622 e. The van der Waals surface area contributed by atoms with E-state index in [-0.39, 0.29) is 0 Å². The summed E-state index contributed by atoms with van der Waals surface area (Å²) in [5, 5.41) is 0. The van der Waals surface area contributed by atoms with E-state index in [2.05, 4.69) is 133 Å². The van der Waals surface area contributed by atoms with Crippen molar-refractivity contribution in [1.29, 1.82) is 0 Å². The highest BCUT2D eigenvalue weighted by molar-refractivity contribution is 5.83. The summed E-state index contributed by atoms with van der Waals surface area (Å²) in [7, 11) is 0. The Hall–Kier alpha value is -4.68. The van der Waals surface area contributed by atoms with Crippen LogP contribution in [-0.2, 0) is 32.1 Å². The molecule has 6 aromatic carbocycles. The van der Waals surface area contributed by atoms with Crippen molar-refractivity contribution in [3.63, 3.8) is 0 Å². The predicted molar refractivity (Wildman–Crippen MR) is 179 cm³/mol. The summed E-state index contributed by atoms with van der Waals surface area (Å²) in [6, 6.07) is 50.6. The fourth-order valence-electron chi connectivity index (χ4n) is 8.09. The molecule has 0 aliphatic heterocycles. The van der Waals surface area contributed by atoms with Gasteiger partial charge in [-0.1, -0.05) is 133 Å². The largest absolute Gasteiger partial charge is 0.0622 e. The minimum absolute atomic E-state index is 0.603. The Labute approximate surface area is 254 Å². The van der Waals surface area contributed by atoms with Crippen LogP contribution in [0.15, 0.2) is 133 Å². The maximum absolute atomic E-state index is 2.45. The van der Waals surface area contributed by atoms with Crippen LogP contribution in [0.1, 0.15) is 56.3 Å². The van der Waals surface area contributed by atoms with Gasteiger partial charge in [-0.2, -0.15) is 0 Å². The fraction of sp³-hybridized carbons (Fsp3) is 0.163. The molecule has 0 heterocycles. The van der Waals surface area contributed by atoms with E-state index in [0.717, 1.165) is 32.1 Å². The van der Waals surface area contributed by atoms with Gasteiger partial charge in [0.25, 0.3) is 0 Å². The van der Waals surface area contributed by atoms with Crippen LogP contribution in [0, 0.1) is 0 Å². The Kier molecular flexibility index (Phi) is 5.76. The molecule has 0 aromatic heterocycles. The molecule has 3 aliphatic rings. The lowest BCUT2D eigenvalue weighted by Gasteiger charge is -2.09. The lowest BCUT2D eigenvalue weighted by molar-refractivity contribution is 0.742. The maximum atomic E-state index is 2.45. The third-order valence-electron chi connectivity index (χ3n) is 10.4. The van der Waals surface area contributed by atoms with Gasteiger partial charge in [0.15, 0.2) is 0 Å². The third kappa shape index (κ3) is 4.36. The van der Waals surface area contributed by atoms with Crippen molar-refractivity contribution in [1.82, 2.24) is 0 Å². The standard InChI is InChI=1S/C43H34/c1-3-7-28(8-4-1)36-21-34-13-11-30(19-38(34)25-36)32-15-17-42-40(23-32)27-41-24-33(16-18-43(41)42)31-12-14-35-22-37(26-39(35)20-31)29-9-5-2-6-10-29/h1-20,23-24,36-37H,21-22,25-27H2. The van der Waals surface area contributed by atoms with Gasteiger partial charge in [0.1, 0.15) is 0 Å². The van der Waals surface area contributed by atoms with E-state index in [0.29, 0.717) is 11.8 Å². The molecular formula is C43H34. The van der Waals surface area contributed by atoms with Crippen LogP contribution in [0.4, 0.5) is 0 Å². The lowest BCUT2D eigenvalue weighted by Crippen LogP contribution is -1.96. The Morgan fingerprint density at radius 3 is 1.14 bits per heavy atom. The molecule has 43 heavy (non-hydrogen) atoms. The monoisotopic (exact) mass is 550 g/mol. The highest BCUT2D eigenvalue weighted by Crippen LogP contribution is 2.43. The van der Waals surface area contributed by atoms with Crippen LogP contribution in [0.5, 0.6) is 0 Å². The van der Waals surface area contributed by atoms with Crippen LogP contribution < -0.4 is 0 Å². The minimum atomic E-state index is 0.603. The SMILES string of the molecule is c1ccc(C2Cc3ccc(-c4ccc5c(c4)Cc4cc(-c6ccc7c(c6)CC(c6ccccc6)C7)ccc4-5)cc3C2)cc1. The Morgan fingerprint density at radius 1 is 0.326 bits per heavy atom. The Bertz CT molecular complexity index is 1850. The molecule has 3 aliphatic carbocycles. The molecule has 0 heteroatoms. The van der Waals surface area contributed by atoms with Crippen molar-refractivity contribution in [3.05, 3.63) is 178 Å². The number of rotatable bonds is 4. The number of hydrogen-bond acceptors (Lipinski definition) is 0. The van der Waals surface area contributed by atoms with Crippen LogP contribution in [0.2, 0.25) is 0 Å². The smallest absolute Gasteiger partial charge is 0.00130 e. The topological polar surface area (TPSA) is 0 Å². The summed E-state index contributed by atoms with van der Waals surface area (Å²) in [4.78, 5) is 0. The summed E-state index contributed by atoms with van der Waals surface area (Å²) in [5.41, 5.74) is 20.1. The van der Waals surface area contributed by atoms with Crippen LogP contribution >= 0.6 is 0 Å². The van der Waals surface area contributed by atoms with Gasteiger partial charge in [-0.3, -0.25) is 0 Å². The van der Waals surface area contributed by atoms with Crippen molar-refractivity contribution in [2.45, 2.75) is 43.9 Å².